The SMILES string of the molecule is O=C(CCCc1nc2ccccc2s1)NCc1ccc(NC(=O)c2ccco2)cc1. The van der Waals surface area contributed by atoms with Gasteiger partial charge in [-0.3, -0.25) is 9.59 Å². The van der Waals surface area contributed by atoms with Crippen LogP contribution >= 0.6 is 11.3 Å². The third-order valence-electron chi connectivity index (χ3n) is 4.58. The van der Waals surface area contributed by atoms with E-state index >= 15 is 0 Å². The molecule has 0 atom stereocenters. The first-order valence-electron chi connectivity index (χ1n) is 9.72. The van der Waals surface area contributed by atoms with Gasteiger partial charge in [0.1, 0.15) is 0 Å². The highest BCUT2D eigenvalue weighted by Gasteiger charge is 2.09. The van der Waals surface area contributed by atoms with Crippen LogP contribution in [-0.2, 0) is 17.8 Å². The van der Waals surface area contributed by atoms with E-state index in [0.29, 0.717) is 18.7 Å². The highest BCUT2D eigenvalue weighted by Crippen LogP contribution is 2.22. The van der Waals surface area contributed by atoms with Crippen LogP contribution in [0, 0.1) is 0 Å². The van der Waals surface area contributed by atoms with Crippen LogP contribution < -0.4 is 10.6 Å². The molecule has 0 aliphatic carbocycles. The molecule has 2 amide bonds. The normalized spacial score (nSPS) is 10.8. The minimum Gasteiger partial charge on any atom is -0.459 e. The third-order valence-corrected chi connectivity index (χ3v) is 5.68. The Balaban J connectivity index is 1.19. The zero-order valence-corrected chi connectivity index (χ0v) is 17.1. The Morgan fingerprint density at radius 2 is 1.83 bits per heavy atom. The smallest absolute Gasteiger partial charge is 0.291 e. The number of thiazole rings is 1. The molecule has 152 valence electrons. The first-order valence-corrected chi connectivity index (χ1v) is 10.5. The summed E-state index contributed by atoms with van der Waals surface area (Å²) in [5, 5.41) is 6.77. The summed E-state index contributed by atoms with van der Waals surface area (Å²) >= 11 is 1.69. The molecule has 0 spiro atoms. The first kappa shape index (κ1) is 19.8. The lowest BCUT2D eigenvalue weighted by atomic mass is 10.2. The van der Waals surface area contributed by atoms with Crippen molar-refractivity contribution in [3.63, 3.8) is 0 Å². The van der Waals surface area contributed by atoms with Crippen molar-refractivity contribution in [3.8, 4) is 0 Å². The number of nitrogens with one attached hydrogen (secondary N) is 2. The van der Waals surface area contributed by atoms with E-state index in [-0.39, 0.29) is 17.6 Å². The van der Waals surface area contributed by atoms with Crippen molar-refractivity contribution < 1.29 is 14.0 Å². The maximum Gasteiger partial charge on any atom is 0.291 e. The zero-order chi connectivity index (χ0) is 20.8. The maximum atomic E-state index is 12.1. The summed E-state index contributed by atoms with van der Waals surface area (Å²) in [6.07, 6.45) is 3.49. The second-order valence-electron chi connectivity index (χ2n) is 6.83. The number of amides is 2. The van der Waals surface area contributed by atoms with E-state index in [1.54, 1.807) is 35.6 Å². The molecule has 4 aromatic rings. The van der Waals surface area contributed by atoms with Gasteiger partial charge in [-0.2, -0.15) is 0 Å². The maximum absolute atomic E-state index is 12.1. The Labute approximate surface area is 177 Å². The van der Waals surface area contributed by atoms with Gasteiger partial charge in [-0.05, 0) is 54.8 Å². The van der Waals surface area contributed by atoms with E-state index < -0.39 is 0 Å². The second-order valence-corrected chi connectivity index (χ2v) is 7.95. The molecule has 0 aliphatic rings. The molecule has 7 heteroatoms. The number of nitrogens with zero attached hydrogens (tertiary/aromatic N) is 1. The summed E-state index contributed by atoms with van der Waals surface area (Å²) in [5.74, 6) is -0.0160. The number of fused-ring (bicyclic) bond motifs is 1. The topological polar surface area (TPSA) is 84.2 Å². The largest absolute Gasteiger partial charge is 0.459 e. The minimum absolute atomic E-state index is 0.0197. The van der Waals surface area contributed by atoms with Crippen LogP contribution in [0.2, 0.25) is 0 Å². The molecule has 6 nitrogen and oxygen atoms in total. The van der Waals surface area contributed by atoms with Crippen molar-refractivity contribution >= 4 is 39.1 Å². The van der Waals surface area contributed by atoms with E-state index in [2.05, 4.69) is 21.7 Å². The van der Waals surface area contributed by atoms with Gasteiger partial charge in [-0.15, -0.1) is 11.3 Å². The highest BCUT2D eigenvalue weighted by atomic mass is 32.1. The summed E-state index contributed by atoms with van der Waals surface area (Å²) in [5.41, 5.74) is 2.65. The molecule has 0 aliphatic heterocycles. The number of aromatic nitrogens is 1. The fourth-order valence-electron chi connectivity index (χ4n) is 3.02. The summed E-state index contributed by atoms with van der Waals surface area (Å²) in [4.78, 5) is 28.7. The van der Waals surface area contributed by atoms with Crippen LogP contribution in [-0.4, -0.2) is 16.8 Å². The number of benzene rings is 2. The van der Waals surface area contributed by atoms with Gasteiger partial charge in [0.05, 0.1) is 21.5 Å². The molecule has 2 heterocycles. The Morgan fingerprint density at radius 1 is 1.00 bits per heavy atom. The molecule has 0 bridgehead atoms. The molecule has 2 aromatic heterocycles. The average Bonchev–Trinajstić information content (AvgIpc) is 3.43. The molecule has 2 N–H and O–H groups in total. The van der Waals surface area contributed by atoms with Gasteiger partial charge >= 0.3 is 0 Å². The van der Waals surface area contributed by atoms with E-state index in [1.165, 1.54) is 11.0 Å². The van der Waals surface area contributed by atoms with Crippen LogP contribution in [0.4, 0.5) is 5.69 Å². The summed E-state index contributed by atoms with van der Waals surface area (Å²) in [7, 11) is 0. The average molecular weight is 420 g/mol. The fraction of sp³-hybridized carbons (Fsp3) is 0.174. The van der Waals surface area contributed by atoms with Gasteiger partial charge in [0.15, 0.2) is 5.76 Å². The zero-order valence-electron chi connectivity index (χ0n) is 16.3. The van der Waals surface area contributed by atoms with Gasteiger partial charge in [0, 0.05) is 18.7 Å². The van der Waals surface area contributed by atoms with Crippen LogP contribution in [0.25, 0.3) is 10.2 Å². The highest BCUT2D eigenvalue weighted by molar-refractivity contribution is 7.18. The summed E-state index contributed by atoms with van der Waals surface area (Å²) in [6, 6.07) is 18.7. The molecular formula is C23H21N3O3S. The minimum atomic E-state index is -0.297. The predicted molar refractivity (Wildman–Crippen MR) is 118 cm³/mol. The Kier molecular flexibility index (Phi) is 6.20. The lowest BCUT2D eigenvalue weighted by Gasteiger charge is -2.07. The van der Waals surface area contributed by atoms with Gasteiger partial charge in [0.25, 0.3) is 5.91 Å². The molecule has 0 radical (unpaired) electrons. The third kappa shape index (κ3) is 5.12. The van der Waals surface area contributed by atoms with Crippen LogP contribution in [0.3, 0.4) is 0 Å². The van der Waals surface area contributed by atoms with Crippen molar-refractivity contribution in [2.75, 3.05) is 5.32 Å². The van der Waals surface area contributed by atoms with Crippen LogP contribution in [0.5, 0.6) is 0 Å². The lowest BCUT2D eigenvalue weighted by molar-refractivity contribution is -0.121. The van der Waals surface area contributed by atoms with Gasteiger partial charge in [-0.25, -0.2) is 4.98 Å². The van der Waals surface area contributed by atoms with Crippen molar-refractivity contribution in [1.82, 2.24) is 10.3 Å². The van der Waals surface area contributed by atoms with Gasteiger partial charge < -0.3 is 15.1 Å². The van der Waals surface area contributed by atoms with Crippen LogP contribution in [0.15, 0.2) is 71.3 Å². The number of rotatable bonds is 8. The monoisotopic (exact) mass is 419 g/mol. The quantitative estimate of drug-likeness (QED) is 0.430. The number of carbonyl (C=O) groups is 2. The van der Waals surface area contributed by atoms with Crippen molar-refractivity contribution in [2.45, 2.75) is 25.8 Å². The van der Waals surface area contributed by atoms with E-state index in [1.807, 2.05) is 30.3 Å². The number of furan rings is 1. The molecule has 4 rings (SSSR count). The Bertz CT molecular complexity index is 1100. The summed E-state index contributed by atoms with van der Waals surface area (Å²) in [6.45, 7) is 0.451. The molecule has 0 saturated heterocycles. The van der Waals surface area contributed by atoms with E-state index in [9.17, 15) is 9.59 Å². The fourth-order valence-corrected chi connectivity index (χ4v) is 4.03. The van der Waals surface area contributed by atoms with Crippen LogP contribution in [0.1, 0.15) is 34.0 Å². The molecule has 2 aromatic carbocycles. The van der Waals surface area contributed by atoms with E-state index in [4.69, 9.17) is 4.42 Å². The number of hydrogen-bond acceptors (Lipinski definition) is 5. The molecule has 30 heavy (non-hydrogen) atoms. The molecule has 0 unspecified atom stereocenters. The van der Waals surface area contributed by atoms with Crippen molar-refractivity contribution in [2.24, 2.45) is 0 Å². The second kappa shape index (κ2) is 9.37. The first-order chi connectivity index (χ1) is 14.7. The molecule has 0 fully saturated rings. The van der Waals surface area contributed by atoms with Gasteiger partial charge in [0.2, 0.25) is 5.91 Å². The van der Waals surface area contributed by atoms with Crippen molar-refractivity contribution in [1.29, 1.82) is 0 Å². The van der Waals surface area contributed by atoms with E-state index in [0.717, 1.165) is 28.9 Å². The Hall–Kier alpha value is -3.45. The molecule has 0 saturated carbocycles. The number of hydrogen-bond donors (Lipinski definition) is 2. The molecular weight excluding hydrogens is 398 g/mol. The Morgan fingerprint density at radius 3 is 2.60 bits per heavy atom. The number of anilines is 1. The predicted octanol–water partition coefficient (Wildman–Crippen LogP) is 4.78. The number of aryl methyl sites for hydroxylation is 1. The summed E-state index contributed by atoms with van der Waals surface area (Å²) < 4.78 is 6.25. The number of para-hydroxylation sites is 1. The standard InChI is InChI=1S/C23H21N3O3S/c27-21(8-3-9-22-26-18-5-1-2-7-20(18)30-22)24-15-16-10-12-17(13-11-16)25-23(28)19-6-4-14-29-19/h1-2,4-7,10-14H,3,8-9,15H2,(H,24,27)(H,25,28). The lowest BCUT2D eigenvalue weighted by Crippen LogP contribution is -2.22. The number of carbonyl (C=O) groups excluding carboxylic acids is 2. The van der Waals surface area contributed by atoms with Crippen molar-refractivity contribution in [3.05, 3.63) is 83.3 Å². The van der Waals surface area contributed by atoms with Gasteiger partial charge in [-0.1, -0.05) is 24.3 Å².